The number of aliphatic hydroxyl groups is 1. The van der Waals surface area contributed by atoms with E-state index < -0.39 is 6.10 Å². The monoisotopic (exact) mass is 312 g/mol. The minimum absolute atomic E-state index is 0.596. The summed E-state index contributed by atoms with van der Waals surface area (Å²) in [6.07, 6.45) is -0.596. The van der Waals surface area contributed by atoms with E-state index in [1.165, 1.54) is 11.3 Å². The molecule has 0 aliphatic heterocycles. The summed E-state index contributed by atoms with van der Waals surface area (Å²) < 4.78 is 6.28. The maximum Gasteiger partial charge on any atom is 0.122 e. The lowest BCUT2D eigenvalue weighted by Crippen LogP contribution is -1.98. The number of benzene rings is 1. The number of thiophene rings is 1. The van der Waals surface area contributed by atoms with E-state index in [9.17, 15) is 5.11 Å². The second-order valence-corrected chi connectivity index (χ2v) is 6.27. The van der Waals surface area contributed by atoms with E-state index >= 15 is 0 Å². The van der Waals surface area contributed by atoms with Crippen molar-refractivity contribution in [1.82, 2.24) is 0 Å². The van der Waals surface area contributed by atoms with E-state index in [1.54, 1.807) is 7.11 Å². The molecule has 17 heavy (non-hydrogen) atoms. The van der Waals surface area contributed by atoms with Gasteiger partial charge in [-0.1, -0.05) is 12.1 Å². The molecule has 0 saturated heterocycles. The molecule has 2 aromatic rings. The summed E-state index contributed by atoms with van der Waals surface area (Å²) in [4.78, 5) is 0.919. The maximum absolute atomic E-state index is 10.3. The van der Waals surface area contributed by atoms with Gasteiger partial charge in [0.05, 0.1) is 10.9 Å². The highest BCUT2D eigenvalue weighted by Crippen LogP contribution is 2.33. The van der Waals surface area contributed by atoms with Crippen LogP contribution in [0, 0.1) is 6.92 Å². The molecule has 2 nitrogen and oxygen atoms in total. The van der Waals surface area contributed by atoms with Gasteiger partial charge >= 0.3 is 0 Å². The molecule has 1 N–H and O–H groups in total. The summed E-state index contributed by atoms with van der Waals surface area (Å²) in [5.41, 5.74) is 1.91. The fourth-order valence-electron chi connectivity index (χ4n) is 1.65. The van der Waals surface area contributed by atoms with Crippen LogP contribution >= 0.6 is 27.3 Å². The zero-order valence-corrected chi connectivity index (χ0v) is 12.0. The summed E-state index contributed by atoms with van der Waals surface area (Å²) in [6, 6.07) is 9.63. The average Bonchev–Trinajstić information content (AvgIpc) is 2.75. The van der Waals surface area contributed by atoms with Gasteiger partial charge in [0.25, 0.3) is 0 Å². The number of methoxy groups -OCH3 is 1. The van der Waals surface area contributed by atoms with E-state index in [0.29, 0.717) is 0 Å². The van der Waals surface area contributed by atoms with Gasteiger partial charge in [-0.05, 0) is 52.2 Å². The molecular weight excluding hydrogens is 300 g/mol. The van der Waals surface area contributed by atoms with Gasteiger partial charge in [-0.15, -0.1) is 11.3 Å². The minimum atomic E-state index is -0.596. The Labute approximate surface area is 113 Å². The molecular formula is C13H13BrO2S. The van der Waals surface area contributed by atoms with Gasteiger partial charge in [0.2, 0.25) is 0 Å². The molecule has 2 rings (SSSR count). The molecule has 0 amide bonds. The van der Waals surface area contributed by atoms with Crippen LogP contribution in [0.3, 0.4) is 0 Å². The lowest BCUT2D eigenvalue weighted by Gasteiger charge is -2.12. The van der Waals surface area contributed by atoms with E-state index in [2.05, 4.69) is 15.9 Å². The van der Waals surface area contributed by atoms with E-state index in [4.69, 9.17) is 4.74 Å². The number of aryl methyl sites for hydroxylation is 1. The average molecular weight is 313 g/mol. The van der Waals surface area contributed by atoms with Crippen molar-refractivity contribution >= 4 is 27.3 Å². The van der Waals surface area contributed by atoms with Gasteiger partial charge in [-0.2, -0.15) is 0 Å². The molecule has 0 radical (unpaired) electrons. The first-order chi connectivity index (χ1) is 8.11. The Morgan fingerprint density at radius 1 is 1.29 bits per heavy atom. The second kappa shape index (κ2) is 5.21. The van der Waals surface area contributed by atoms with Gasteiger partial charge in [0.1, 0.15) is 11.9 Å². The van der Waals surface area contributed by atoms with Crippen LogP contribution in [0.15, 0.2) is 34.1 Å². The van der Waals surface area contributed by atoms with Crippen LogP contribution in [0.25, 0.3) is 0 Å². The van der Waals surface area contributed by atoms with Gasteiger partial charge < -0.3 is 9.84 Å². The number of rotatable bonds is 3. The van der Waals surface area contributed by atoms with Crippen molar-refractivity contribution in [3.63, 3.8) is 0 Å². The van der Waals surface area contributed by atoms with E-state index in [-0.39, 0.29) is 0 Å². The largest absolute Gasteiger partial charge is 0.496 e. The summed E-state index contributed by atoms with van der Waals surface area (Å²) >= 11 is 4.93. The van der Waals surface area contributed by atoms with Gasteiger partial charge in [0.15, 0.2) is 0 Å². The lowest BCUT2D eigenvalue weighted by atomic mass is 10.1. The fraction of sp³-hybridized carbons (Fsp3) is 0.231. The molecule has 0 spiro atoms. The van der Waals surface area contributed by atoms with E-state index in [0.717, 1.165) is 25.5 Å². The predicted octanol–water partition coefficient (Wildman–Crippen LogP) is 3.91. The first kappa shape index (κ1) is 12.6. The highest BCUT2D eigenvalue weighted by atomic mass is 79.9. The number of hydrogen-bond donors (Lipinski definition) is 1. The molecule has 0 aliphatic rings. The second-order valence-electron chi connectivity index (χ2n) is 3.77. The third kappa shape index (κ3) is 2.70. The molecule has 1 unspecified atom stereocenters. The number of hydrogen-bond acceptors (Lipinski definition) is 3. The topological polar surface area (TPSA) is 29.5 Å². The van der Waals surface area contributed by atoms with Crippen molar-refractivity contribution in [2.45, 2.75) is 13.0 Å². The SMILES string of the molecule is COc1cc(C(O)c2ccc(Br)s2)ccc1C. The van der Waals surface area contributed by atoms with Crippen LogP contribution in [-0.2, 0) is 0 Å². The van der Waals surface area contributed by atoms with Crippen molar-refractivity contribution in [3.05, 3.63) is 50.1 Å². The Bertz CT molecular complexity index is 522. The van der Waals surface area contributed by atoms with Crippen molar-refractivity contribution in [2.24, 2.45) is 0 Å². The number of halogens is 1. The van der Waals surface area contributed by atoms with Crippen molar-refractivity contribution in [1.29, 1.82) is 0 Å². The molecule has 4 heteroatoms. The number of ether oxygens (including phenoxy) is 1. The Morgan fingerprint density at radius 3 is 2.65 bits per heavy atom. The minimum Gasteiger partial charge on any atom is -0.496 e. The van der Waals surface area contributed by atoms with Gasteiger partial charge in [-0.3, -0.25) is 0 Å². The number of aliphatic hydroxyl groups excluding tert-OH is 1. The third-order valence-corrected chi connectivity index (χ3v) is 4.29. The standard InChI is InChI=1S/C13H13BrO2S/c1-8-3-4-9(7-10(8)16-2)13(15)11-5-6-12(14)17-11/h3-7,13,15H,1-2H3. The highest BCUT2D eigenvalue weighted by molar-refractivity contribution is 9.11. The molecule has 0 saturated carbocycles. The van der Waals surface area contributed by atoms with Gasteiger partial charge in [0, 0.05) is 4.88 Å². The Balaban J connectivity index is 2.34. The Morgan fingerprint density at radius 2 is 2.06 bits per heavy atom. The highest BCUT2D eigenvalue weighted by Gasteiger charge is 2.14. The van der Waals surface area contributed by atoms with Crippen molar-refractivity contribution < 1.29 is 9.84 Å². The summed E-state index contributed by atoms with van der Waals surface area (Å²) in [7, 11) is 1.64. The third-order valence-electron chi connectivity index (χ3n) is 2.61. The zero-order valence-electron chi connectivity index (χ0n) is 9.61. The summed E-state index contributed by atoms with van der Waals surface area (Å²) in [5, 5.41) is 10.3. The molecule has 1 atom stereocenters. The zero-order chi connectivity index (χ0) is 12.4. The Hall–Kier alpha value is -0.840. The summed E-state index contributed by atoms with van der Waals surface area (Å²) in [5.74, 6) is 0.803. The molecule has 90 valence electrons. The molecule has 1 aromatic heterocycles. The maximum atomic E-state index is 10.3. The van der Waals surface area contributed by atoms with Gasteiger partial charge in [-0.25, -0.2) is 0 Å². The van der Waals surface area contributed by atoms with Crippen LogP contribution in [0.2, 0.25) is 0 Å². The Kier molecular flexibility index (Phi) is 3.86. The van der Waals surface area contributed by atoms with Crippen molar-refractivity contribution in [2.75, 3.05) is 7.11 Å². The van der Waals surface area contributed by atoms with Crippen LogP contribution in [0.5, 0.6) is 5.75 Å². The smallest absolute Gasteiger partial charge is 0.122 e. The van der Waals surface area contributed by atoms with Crippen LogP contribution in [0.1, 0.15) is 22.1 Å². The molecule has 0 fully saturated rings. The van der Waals surface area contributed by atoms with E-state index in [1.807, 2.05) is 37.3 Å². The van der Waals surface area contributed by atoms with Crippen LogP contribution in [0.4, 0.5) is 0 Å². The molecule has 0 bridgehead atoms. The molecule has 1 heterocycles. The van der Waals surface area contributed by atoms with Crippen LogP contribution < -0.4 is 4.74 Å². The molecule has 1 aromatic carbocycles. The summed E-state index contributed by atoms with van der Waals surface area (Å²) in [6.45, 7) is 1.98. The fourth-order valence-corrected chi connectivity index (χ4v) is 3.08. The predicted molar refractivity (Wildman–Crippen MR) is 73.8 cm³/mol. The lowest BCUT2D eigenvalue weighted by molar-refractivity contribution is 0.223. The van der Waals surface area contributed by atoms with Crippen LogP contribution in [-0.4, -0.2) is 12.2 Å². The first-order valence-electron chi connectivity index (χ1n) is 5.19. The first-order valence-corrected chi connectivity index (χ1v) is 6.80. The van der Waals surface area contributed by atoms with Crippen molar-refractivity contribution in [3.8, 4) is 5.75 Å². The normalized spacial score (nSPS) is 12.5. The quantitative estimate of drug-likeness (QED) is 0.931. The molecule has 0 aliphatic carbocycles.